The van der Waals surface area contributed by atoms with E-state index in [1.54, 1.807) is 6.07 Å². The third-order valence-corrected chi connectivity index (χ3v) is 4.74. The topological polar surface area (TPSA) is 68.5 Å². The van der Waals surface area contributed by atoms with Crippen LogP contribution < -0.4 is 5.43 Å². The molecule has 0 spiro atoms. The maximum atomic E-state index is 12.3. The van der Waals surface area contributed by atoms with E-state index < -0.39 is 11.4 Å². The first-order valence-corrected chi connectivity index (χ1v) is 8.28. The van der Waals surface area contributed by atoms with Crippen LogP contribution >= 0.6 is 22.6 Å². The number of carboxylic acid groups (broad SMARTS) is 1. The van der Waals surface area contributed by atoms with Gasteiger partial charge in [-0.2, -0.15) is 0 Å². The smallest absolute Gasteiger partial charge is 0.341 e. The second-order valence-electron chi connectivity index (χ2n) is 5.55. The number of carboxylic acids is 1. The molecular weight excluding hydrogens is 397 g/mol. The van der Waals surface area contributed by atoms with E-state index >= 15 is 0 Å². The number of pyridine rings is 1. The lowest BCUT2D eigenvalue weighted by molar-refractivity contribution is 0.0613. The third-order valence-electron chi connectivity index (χ3n) is 4.07. The van der Waals surface area contributed by atoms with Crippen LogP contribution in [0.4, 0.5) is 0 Å². The van der Waals surface area contributed by atoms with Crippen molar-refractivity contribution < 1.29 is 14.6 Å². The summed E-state index contributed by atoms with van der Waals surface area (Å²) >= 11 is 2.13. The first-order chi connectivity index (χ1) is 10.6. The molecule has 3 rings (SSSR count). The van der Waals surface area contributed by atoms with E-state index in [-0.39, 0.29) is 5.56 Å². The summed E-state index contributed by atoms with van der Waals surface area (Å²) in [6, 6.07) is 5.58. The Balaban J connectivity index is 2.13. The summed E-state index contributed by atoms with van der Waals surface area (Å²) in [6.45, 7) is 2.19. The lowest BCUT2D eigenvalue weighted by atomic mass is 9.99. The number of hydrogen-bond donors (Lipinski definition) is 1. The van der Waals surface area contributed by atoms with E-state index in [4.69, 9.17) is 4.74 Å². The molecule has 1 aliphatic heterocycles. The quantitative estimate of drug-likeness (QED) is 0.786. The van der Waals surface area contributed by atoms with Crippen molar-refractivity contribution in [3.8, 4) is 0 Å². The number of ether oxygens (including phenoxy) is 1. The minimum atomic E-state index is -1.17. The molecule has 1 N–H and O–H groups in total. The molecule has 0 radical (unpaired) electrons. The van der Waals surface area contributed by atoms with Crippen molar-refractivity contribution in [3.05, 3.63) is 43.8 Å². The van der Waals surface area contributed by atoms with Crippen molar-refractivity contribution in [2.24, 2.45) is 5.92 Å². The molecule has 0 unspecified atom stereocenters. The van der Waals surface area contributed by atoms with Gasteiger partial charge in [-0.05, 0) is 59.5 Å². The van der Waals surface area contributed by atoms with E-state index in [1.165, 1.54) is 6.20 Å². The third kappa shape index (κ3) is 3.03. The largest absolute Gasteiger partial charge is 0.477 e. The minimum absolute atomic E-state index is 0.165. The second kappa shape index (κ2) is 6.37. The summed E-state index contributed by atoms with van der Waals surface area (Å²) in [7, 11) is 0. The molecule has 2 aromatic rings. The van der Waals surface area contributed by atoms with Gasteiger partial charge in [0.15, 0.2) is 0 Å². The molecule has 0 bridgehead atoms. The Labute approximate surface area is 141 Å². The zero-order chi connectivity index (χ0) is 15.7. The Bertz CT molecular complexity index is 778. The fourth-order valence-electron chi connectivity index (χ4n) is 2.88. The van der Waals surface area contributed by atoms with E-state index in [0.717, 1.165) is 35.1 Å². The monoisotopic (exact) mass is 413 g/mol. The van der Waals surface area contributed by atoms with Gasteiger partial charge in [-0.1, -0.05) is 0 Å². The van der Waals surface area contributed by atoms with Crippen LogP contribution in [0, 0.1) is 9.49 Å². The van der Waals surface area contributed by atoms with Gasteiger partial charge in [-0.25, -0.2) is 4.79 Å². The number of carbonyl (C=O) groups is 1. The Morgan fingerprint density at radius 1 is 1.36 bits per heavy atom. The van der Waals surface area contributed by atoms with E-state index in [1.807, 2.05) is 16.7 Å². The Kier molecular flexibility index (Phi) is 4.49. The Morgan fingerprint density at radius 2 is 2.09 bits per heavy atom. The number of fused-ring (bicyclic) bond motifs is 1. The van der Waals surface area contributed by atoms with E-state index in [0.29, 0.717) is 17.8 Å². The predicted molar refractivity (Wildman–Crippen MR) is 91.4 cm³/mol. The van der Waals surface area contributed by atoms with Crippen LogP contribution in [-0.2, 0) is 11.3 Å². The van der Waals surface area contributed by atoms with Gasteiger partial charge in [0.05, 0.1) is 5.52 Å². The number of aromatic carboxylic acids is 1. The van der Waals surface area contributed by atoms with Gasteiger partial charge in [0.2, 0.25) is 5.43 Å². The molecule has 1 aliphatic rings. The lowest BCUT2D eigenvalue weighted by Crippen LogP contribution is -2.24. The normalized spacial score (nSPS) is 16.0. The highest BCUT2D eigenvalue weighted by molar-refractivity contribution is 14.1. The minimum Gasteiger partial charge on any atom is -0.477 e. The molecule has 5 nitrogen and oxygen atoms in total. The molecule has 22 heavy (non-hydrogen) atoms. The van der Waals surface area contributed by atoms with Gasteiger partial charge in [-0.3, -0.25) is 4.79 Å². The van der Waals surface area contributed by atoms with Crippen molar-refractivity contribution >= 4 is 39.5 Å². The zero-order valence-corrected chi connectivity index (χ0v) is 14.1. The molecule has 2 heterocycles. The maximum absolute atomic E-state index is 12.3. The highest BCUT2D eigenvalue weighted by Gasteiger charge is 2.18. The predicted octanol–water partition coefficient (Wildman–Crippen LogP) is 2.73. The molecule has 1 saturated heterocycles. The van der Waals surface area contributed by atoms with Crippen molar-refractivity contribution in [2.75, 3.05) is 13.2 Å². The van der Waals surface area contributed by atoms with Crippen molar-refractivity contribution in [3.63, 3.8) is 0 Å². The van der Waals surface area contributed by atoms with Crippen LogP contribution in [-0.4, -0.2) is 28.9 Å². The van der Waals surface area contributed by atoms with Crippen LogP contribution in [0.25, 0.3) is 10.9 Å². The molecule has 0 amide bonds. The summed E-state index contributed by atoms with van der Waals surface area (Å²) in [4.78, 5) is 23.7. The zero-order valence-electron chi connectivity index (χ0n) is 11.9. The molecule has 116 valence electrons. The van der Waals surface area contributed by atoms with Crippen LogP contribution in [0.5, 0.6) is 0 Å². The van der Waals surface area contributed by atoms with E-state index in [2.05, 4.69) is 22.6 Å². The summed E-state index contributed by atoms with van der Waals surface area (Å²) in [5, 5.41) is 9.76. The number of hydrogen-bond acceptors (Lipinski definition) is 3. The van der Waals surface area contributed by atoms with Crippen molar-refractivity contribution in [2.45, 2.75) is 19.4 Å². The van der Waals surface area contributed by atoms with Crippen LogP contribution in [0.3, 0.4) is 0 Å². The molecule has 1 aromatic carbocycles. The number of halogens is 1. The van der Waals surface area contributed by atoms with Crippen molar-refractivity contribution in [1.29, 1.82) is 0 Å². The van der Waals surface area contributed by atoms with Gasteiger partial charge in [0.1, 0.15) is 5.56 Å². The second-order valence-corrected chi connectivity index (χ2v) is 6.79. The summed E-state index contributed by atoms with van der Waals surface area (Å²) in [5.74, 6) is -0.730. The van der Waals surface area contributed by atoms with Crippen LogP contribution in [0.15, 0.2) is 29.2 Å². The SMILES string of the molecule is O=C(O)c1cn(CC2CCOCC2)c2ccc(I)cc2c1=O. The van der Waals surface area contributed by atoms with Gasteiger partial charge in [0, 0.05) is 34.9 Å². The summed E-state index contributed by atoms with van der Waals surface area (Å²) in [5.41, 5.74) is 0.215. The number of rotatable bonds is 3. The van der Waals surface area contributed by atoms with Gasteiger partial charge in [-0.15, -0.1) is 0 Å². The average Bonchev–Trinajstić information content (AvgIpc) is 2.51. The first-order valence-electron chi connectivity index (χ1n) is 7.20. The van der Waals surface area contributed by atoms with Crippen LogP contribution in [0.1, 0.15) is 23.2 Å². The maximum Gasteiger partial charge on any atom is 0.341 e. The molecule has 0 aliphatic carbocycles. The number of aromatic nitrogens is 1. The van der Waals surface area contributed by atoms with E-state index in [9.17, 15) is 14.7 Å². The molecule has 1 fully saturated rings. The van der Waals surface area contributed by atoms with Gasteiger partial charge in [0.25, 0.3) is 0 Å². The average molecular weight is 413 g/mol. The van der Waals surface area contributed by atoms with Gasteiger partial charge < -0.3 is 14.4 Å². The molecular formula is C16H16INO4. The summed E-state index contributed by atoms with van der Waals surface area (Å²) < 4.78 is 8.20. The number of benzene rings is 1. The first kappa shape index (κ1) is 15.5. The molecule has 6 heteroatoms. The fraction of sp³-hybridized carbons (Fsp3) is 0.375. The highest BCUT2D eigenvalue weighted by atomic mass is 127. The highest BCUT2D eigenvalue weighted by Crippen LogP contribution is 2.21. The standard InChI is InChI=1S/C16H16INO4/c17-11-1-2-14-12(7-11)15(19)13(16(20)21)9-18(14)8-10-3-5-22-6-4-10/h1-2,7,9-10H,3-6,8H2,(H,20,21). The van der Waals surface area contributed by atoms with Crippen molar-refractivity contribution in [1.82, 2.24) is 4.57 Å². The summed E-state index contributed by atoms with van der Waals surface area (Å²) in [6.07, 6.45) is 3.40. The van der Waals surface area contributed by atoms with Gasteiger partial charge >= 0.3 is 5.97 Å². The molecule has 0 saturated carbocycles. The Morgan fingerprint density at radius 3 is 2.77 bits per heavy atom. The van der Waals surface area contributed by atoms with Crippen LogP contribution in [0.2, 0.25) is 0 Å². The fourth-order valence-corrected chi connectivity index (χ4v) is 3.37. The lowest BCUT2D eigenvalue weighted by Gasteiger charge is -2.24. The number of nitrogens with zero attached hydrogens (tertiary/aromatic N) is 1. The molecule has 1 aromatic heterocycles. The Hall–Kier alpha value is -1.41. The molecule has 0 atom stereocenters.